The third kappa shape index (κ3) is 5.04. The number of nitrogens with zero attached hydrogens (tertiary/aromatic N) is 3. The SMILES string of the molecule is O=C(OCC(=O)N(C1CCCCC1)C1CCS(=O)(=O)C1)c1cc(C2CC2)nn1-c1ccccc1. The number of para-hydroxylation sites is 1. The summed E-state index contributed by atoms with van der Waals surface area (Å²) in [4.78, 5) is 28.1. The van der Waals surface area contributed by atoms with E-state index in [1.165, 1.54) is 0 Å². The summed E-state index contributed by atoms with van der Waals surface area (Å²) in [6.45, 7) is -0.398. The molecule has 2 aromatic rings. The van der Waals surface area contributed by atoms with Crippen LogP contribution >= 0.6 is 0 Å². The van der Waals surface area contributed by atoms with Crippen molar-refractivity contribution in [2.75, 3.05) is 18.1 Å². The lowest BCUT2D eigenvalue weighted by atomic mass is 9.93. The van der Waals surface area contributed by atoms with Crippen LogP contribution < -0.4 is 0 Å². The Morgan fingerprint density at radius 3 is 2.38 bits per heavy atom. The van der Waals surface area contributed by atoms with Crippen LogP contribution in [0, 0.1) is 0 Å². The van der Waals surface area contributed by atoms with Gasteiger partial charge < -0.3 is 9.64 Å². The molecule has 2 heterocycles. The zero-order valence-corrected chi connectivity index (χ0v) is 20.1. The van der Waals surface area contributed by atoms with Gasteiger partial charge in [0.05, 0.1) is 22.9 Å². The van der Waals surface area contributed by atoms with Crippen molar-refractivity contribution in [1.82, 2.24) is 14.7 Å². The predicted molar refractivity (Wildman–Crippen MR) is 127 cm³/mol. The van der Waals surface area contributed by atoms with E-state index in [4.69, 9.17) is 4.74 Å². The van der Waals surface area contributed by atoms with E-state index in [1.54, 1.807) is 15.6 Å². The first kappa shape index (κ1) is 23.1. The van der Waals surface area contributed by atoms with Gasteiger partial charge in [-0.3, -0.25) is 4.79 Å². The fourth-order valence-corrected chi connectivity index (χ4v) is 6.94. The Morgan fingerprint density at radius 1 is 1.00 bits per heavy atom. The van der Waals surface area contributed by atoms with Gasteiger partial charge in [-0.05, 0) is 50.3 Å². The first-order valence-corrected chi connectivity index (χ1v) is 14.1. The number of rotatable bonds is 7. The molecule has 8 nitrogen and oxygen atoms in total. The number of amides is 1. The molecule has 0 bridgehead atoms. The molecular weight excluding hydrogens is 454 g/mol. The monoisotopic (exact) mass is 485 g/mol. The van der Waals surface area contributed by atoms with E-state index in [-0.39, 0.29) is 29.5 Å². The minimum atomic E-state index is -3.14. The van der Waals surface area contributed by atoms with Crippen LogP contribution in [0.15, 0.2) is 36.4 Å². The molecule has 34 heavy (non-hydrogen) atoms. The molecule has 2 aliphatic carbocycles. The van der Waals surface area contributed by atoms with Crippen LogP contribution in [0.25, 0.3) is 5.69 Å². The van der Waals surface area contributed by atoms with Gasteiger partial charge in [-0.25, -0.2) is 17.9 Å². The molecule has 0 N–H and O–H groups in total. The summed E-state index contributed by atoms with van der Waals surface area (Å²) in [5.74, 6) is -0.442. The number of carbonyl (C=O) groups excluding carboxylic acids is 2. The van der Waals surface area contributed by atoms with Crippen LogP contribution in [0.1, 0.15) is 73.5 Å². The molecule has 0 radical (unpaired) electrons. The fourth-order valence-electron chi connectivity index (χ4n) is 5.22. The van der Waals surface area contributed by atoms with Crippen molar-refractivity contribution in [3.05, 3.63) is 47.8 Å². The van der Waals surface area contributed by atoms with E-state index in [0.29, 0.717) is 18.0 Å². The second-order valence-electron chi connectivity index (χ2n) is 9.70. The molecule has 1 atom stereocenters. The molecule has 1 aliphatic heterocycles. The first-order chi connectivity index (χ1) is 16.4. The summed E-state index contributed by atoms with van der Waals surface area (Å²) in [6.07, 6.45) is 7.46. The van der Waals surface area contributed by atoms with Gasteiger partial charge in [-0.1, -0.05) is 37.5 Å². The van der Waals surface area contributed by atoms with Crippen molar-refractivity contribution < 1.29 is 22.7 Å². The molecule has 1 unspecified atom stereocenters. The van der Waals surface area contributed by atoms with Crippen LogP contribution in [0.2, 0.25) is 0 Å². The van der Waals surface area contributed by atoms with Crippen LogP contribution in [-0.2, 0) is 19.4 Å². The van der Waals surface area contributed by atoms with Gasteiger partial charge in [0.2, 0.25) is 0 Å². The number of hydrogen-bond donors (Lipinski definition) is 0. The molecule has 1 amide bonds. The molecule has 1 aromatic carbocycles. The van der Waals surface area contributed by atoms with Crippen molar-refractivity contribution >= 4 is 21.7 Å². The highest BCUT2D eigenvalue weighted by Crippen LogP contribution is 2.40. The Morgan fingerprint density at radius 2 is 1.74 bits per heavy atom. The minimum absolute atomic E-state index is 0.00525. The molecule has 0 spiro atoms. The van der Waals surface area contributed by atoms with Crippen LogP contribution in [0.3, 0.4) is 0 Å². The average molecular weight is 486 g/mol. The average Bonchev–Trinajstić information content (AvgIpc) is 3.50. The minimum Gasteiger partial charge on any atom is -0.451 e. The number of carbonyl (C=O) groups is 2. The van der Waals surface area contributed by atoms with E-state index >= 15 is 0 Å². The van der Waals surface area contributed by atoms with Crippen molar-refractivity contribution in [1.29, 1.82) is 0 Å². The highest BCUT2D eigenvalue weighted by atomic mass is 32.2. The van der Waals surface area contributed by atoms with Gasteiger partial charge in [0.1, 0.15) is 0 Å². The van der Waals surface area contributed by atoms with Crippen molar-refractivity contribution in [3.63, 3.8) is 0 Å². The number of esters is 1. The molecular formula is C25H31N3O5S. The van der Waals surface area contributed by atoms with Crippen molar-refractivity contribution in [2.45, 2.75) is 69.4 Å². The molecule has 3 aliphatic rings. The van der Waals surface area contributed by atoms with E-state index in [1.807, 2.05) is 30.3 Å². The summed E-state index contributed by atoms with van der Waals surface area (Å²) in [5, 5.41) is 4.63. The second kappa shape index (κ2) is 9.52. The fraction of sp³-hybridized carbons (Fsp3) is 0.560. The maximum Gasteiger partial charge on any atom is 0.357 e. The lowest BCUT2D eigenvalue weighted by molar-refractivity contribution is -0.140. The molecule has 2 saturated carbocycles. The Balaban J connectivity index is 1.32. The normalized spacial score (nSPS) is 22.4. The summed E-state index contributed by atoms with van der Waals surface area (Å²) in [5.41, 5.74) is 1.92. The first-order valence-electron chi connectivity index (χ1n) is 12.3. The van der Waals surface area contributed by atoms with Crippen molar-refractivity contribution in [3.8, 4) is 5.69 Å². The molecule has 3 fully saturated rings. The molecule has 5 rings (SSSR count). The zero-order chi connectivity index (χ0) is 23.7. The summed E-state index contributed by atoms with van der Waals surface area (Å²) >= 11 is 0. The van der Waals surface area contributed by atoms with Gasteiger partial charge in [0.15, 0.2) is 22.1 Å². The number of hydrogen-bond acceptors (Lipinski definition) is 6. The van der Waals surface area contributed by atoms with Crippen LogP contribution in [0.4, 0.5) is 0 Å². The molecule has 182 valence electrons. The van der Waals surface area contributed by atoms with Gasteiger partial charge in [-0.2, -0.15) is 5.10 Å². The van der Waals surface area contributed by atoms with Crippen LogP contribution in [-0.4, -0.2) is 65.2 Å². The standard InChI is InChI=1S/C25H31N3O5S/c29-24(27(19-7-3-1-4-8-19)21-13-14-34(31,32)17-21)16-33-25(30)23-15-22(18-11-12-18)26-28(23)20-9-5-2-6-10-20/h2,5-6,9-10,15,18-19,21H,1,3-4,7-8,11-14,16-17H2. The number of sulfone groups is 1. The maximum absolute atomic E-state index is 13.3. The van der Waals surface area contributed by atoms with E-state index in [9.17, 15) is 18.0 Å². The number of ether oxygens (including phenoxy) is 1. The Kier molecular flexibility index (Phi) is 6.46. The van der Waals surface area contributed by atoms with E-state index in [2.05, 4.69) is 5.10 Å². The largest absolute Gasteiger partial charge is 0.451 e. The number of benzene rings is 1. The lowest BCUT2D eigenvalue weighted by Crippen LogP contribution is -2.50. The maximum atomic E-state index is 13.3. The summed E-state index contributed by atoms with van der Waals surface area (Å²) in [6, 6.07) is 10.8. The zero-order valence-electron chi connectivity index (χ0n) is 19.3. The van der Waals surface area contributed by atoms with Crippen molar-refractivity contribution in [2.24, 2.45) is 0 Å². The highest BCUT2D eigenvalue weighted by molar-refractivity contribution is 7.91. The summed E-state index contributed by atoms with van der Waals surface area (Å²) in [7, 11) is -3.14. The van der Waals surface area contributed by atoms with Gasteiger partial charge in [-0.15, -0.1) is 0 Å². The predicted octanol–water partition coefficient (Wildman–Crippen LogP) is 3.25. The third-order valence-electron chi connectivity index (χ3n) is 7.12. The van der Waals surface area contributed by atoms with Crippen LogP contribution in [0.5, 0.6) is 0 Å². The summed E-state index contributed by atoms with van der Waals surface area (Å²) < 4.78 is 31.3. The lowest BCUT2D eigenvalue weighted by Gasteiger charge is -2.38. The number of aromatic nitrogens is 2. The second-order valence-corrected chi connectivity index (χ2v) is 11.9. The molecule has 9 heteroatoms. The van der Waals surface area contributed by atoms with Gasteiger partial charge >= 0.3 is 5.97 Å². The Labute approximate surface area is 200 Å². The quantitative estimate of drug-likeness (QED) is 0.559. The van der Waals surface area contributed by atoms with E-state index in [0.717, 1.165) is 56.3 Å². The van der Waals surface area contributed by atoms with Gasteiger partial charge in [0.25, 0.3) is 5.91 Å². The van der Waals surface area contributed by atoms with E-state index < -0.39 is 22.4 Å². The molecule has 1 saturated heterocycles. The molecule has 1 aromatic heterocycles. The highest BCUT2D eigenvalue weighted by Gasteiger charge is 2.39. The topological polar surface area (TPSA) is 98.6 Å². The Bertz CT molecular complexity index is 1150. The Hall–Kier alpha value is -2.68. The van der Waals surface area contributed by atoms with Gasteiger partial charge in [0, 0.05) is 18.0 Å². The third-order valence-corrected chi connectivity index (χ3v) is 8.87. The smallest absolute Gasteiger partial charge is 0.357 e.